The molecule has 0 atom stereocenters. The minimum atomic E-state index is 0.485. The number of aromatic nitrogens is 1. The summed E-state index contributed by atoms with van der Waals surface area (Å²) in [5, 5.41) is 0.586. The average Bonchev–Trinajstić information content (AvgIpc) is 2.17. The Hall–Kier alpha value is -0.600. The van der Waals surface area contributed by atoms with Crippen molar-refractivity contribution in [2.75, 3.05) is 0 Å². The molecule has 0 aromatic carbocycles. The molecule has 2 rings (SSSR count). The van der Waals surface area contributed by atoms with Crippen molar-refractivity contribution in [1.82, 2.24) is 4.98 Å². The lowest BCUT2D eigenvalue weighted by atomic mass is 9.95. The molecule has 13 heavy (non-hydrogen) atoms. The first-order chi connectivity index (χ1) is 6.31. The highest BCUT2D eigenvalue weighted by Crippen LogP contribution is 2.24. The fraction of sp³-hybridized carbons (Fsp3) is 0.500. The fourth-order valence-corrected chi connectivity index (χ4v) is 2.03. The van der Waals surface area contributed by atoms with Crippen LogP contribution in [0.4, 0.5) is 0 Å². The third-order valence-corrected chi connectivity index (χ3v) is 2.87. The first-order valence-electron chi connectivity index (χ1n) is 4.68. The molecule has 2 nitrogen and oxygen atoms in total. The van der Waals surface area contributed by atoms with Gasteiger partial charge in [-0.3, -0.25) is 0 Å². The van der Waals surface area contributed by atoms with Crippen molar-refractivity contribution >= 4 is 11.6 Å². The molecule has 1 heterocycles. The SMILES string of the molecule is NCc1cc2c(nc1Cl)CCCC2. The van der Waals surface area contributed by atoms with Gasteiger partial charge in [0.15, 0.2) is 0 Å². The molecule has 2 N–H and O–H groups in total. The van der Waals surface area contributed by atoms with Crippen molar-refractivity contribution in [2.24, 2.45) is 5.73 Å². The first-order valence-corrected chi connectivity index (χ1v) is 5.06. The van der Waals surface area contributed by atoms with Crippen LogP contribution in [0.3, 0.4) is 0 Å². The van der Waals surface area contributed by atoms with Crippen LogP contribution < -0.4 is 5.73 Å². The van der Waals surface area contributed by atoms with E-state index in [1.807, 2.05) is 0 Å². The predicted molar refractivity (Wildman–Crippen MR) is 53.8 cm³/mol. The molecule has 3 heteroatoms. The van der Waals surface area contributed by atoms with E-state index in [1.54, 1.807) is 0 Å². The van der Waals surface area contributed by atoms with Gasteiger partial charge in [-0.05, 0) is 37.3 Å². The zero-order valence-electron chi connectivity index (χ0n) is 7.52. The van der Waals surface area contributed by atoms with Gasteiger partial charge in [-0.1, -0.05) is 11.6 Å². The molecule has 0 spiro atoms. The lowest BCUT2D eigenvalue weighted by Crippen LogP contribution is -2.08. The highest BCUT2D eigenvalue weighted by atomic mass is 35.5. The van der Waals surface area contributed by atoms with Crippen molar-refractivity contribution in [3.8, 4) is 0 Å². The van der Waals surface area contributed by atoms with Crippen molar-refractivity contribution in [2.45, 2.75) is 32.2 Å². The zero-order valence-corrected chi connectivity index (χ0v) is 8.27. The second kappa shape index (κ2) is 3.64. The highest BCUT2D eigenvalue weighted by molar-refractivity contribution is 6.30. The molecule has 0 aliphatic heterocycles. The molecule has 0 saturated carbocycles. The van der Waals surface area contributed by atoms with E-state index in [-0.39, 0.29) is 0 Å². The normalized spacial score (nSPS) is 15.5. The molecule has 0 unspecified atom stereocenters. The zero-order chi connectivity index (χ0) is 9.26. The molecule has 0 bridgehead atoms. The monoisotopic (exact) mass is 196 g/mol. The predicted octanol–water partition coefficient (Wildman–Crippen LogP) is 2.07. The summed E-state index contributed by atoms with van der Waals surface area (Å²) in [6, 6.07) is 2.11. The van der Waals surface area contributed by atoms with Gasteiger partial charge in [0, 0.05) is 17.8 Å². The summed E-state index contributed by atoms with van der Waals surface area (Å²) in [5.41, 5.74) is 9.05. The number of nitrogens with zero attached hydrogens (tertiary/aromatic N) is 1. The molecule has 1 aliphatic rings. The van der Waals surface area contributed by atoms with E-state index in [9.17, 15) is 0 Å². The maximum atomic E-state index is 5.97. The maximum Gasteiger partial charge on any atom is 0.133 e. The molecule has 0 saturated heterocycles. The molecule has 1 aromatic rings. The standard InChI is InChI=1S/C10H13ClN2/c11-10-8(6-12)5-7-3-1-2-4-9(7)13-10/h5H,1-4,6,12H2. The number of aryl methyl sites for hydroxylation is 2. The van der Waals surface area contributed by atoms with Gasteiger partial charge in [-0.25, -0.2) is 4.98 Å². The van der Waals surface area contributed by atoms with Gasteiger partial charge in [0.2, 0.25) is 0 Å². The Bertz CT molecular complexity index is 323. The van der Waals surface area contributed by atoms with Crippen molar-refractivity contribution in [3.63, 3.8) is 0 Å². The van der Waals surface area contributed by atoms with Gasteiger partial charge in [0.05, 0.1) is 0 Å². The Morgan fingerprint density at radius 2 is 2.15 bits per heavy atom. The van der Waals surface area contributed by atoms with Crippen molar-refractivity contribution < 1.29 is 0 Å². The lowest BCUT2D eigenvalue weighted by Gasteiger charge is -2.16. The summed E-state index contributed by atoms with van der Waals surface area (Å²) in [6.07, 6.45) is 4.70. The van der Waals surface area contributed by atoms with E-state index >= 15 is 0 Å². The third kappa shape index (κ3) is 1.69. The van der Waals surface area contributed by atoms with Crippen LogP contribution in [0.25, 0.3) is 0 Å². The Morgan fingerprint density at radius 1 is 1.38 bits per heavy atom. The maximum absolute atomic E-state index is 5.97. The number of pyridine rings is 1. The molecule has 0 radical (unpaired) electrons. The van der Waals surface area contributed by atoms with Gasteiger partial charge >= 0.3 is 0 Å². The Labute approximate surface area is 83.1 Å². The molecule has 1 aliphatic carbocycles. The lowest BCUT2D eigenvalue weighted by molar-refractivity contribution is 0.665. The summed E-state index contributed by atoms with van der Waals surface area (Å²) in [7, 11) is 0. The number of fused-ring (bicyclic) bond motifs is 1. The second-order valence-electron chi connectivity index (χ2n) is 3.46. The summed E-state index contributed by atoms with van der Waals surface area (Å²) >= 11 is 5.97. The highest BCUT2D eigenvalue weighted by Gasteiger charge is 2.13. The fourth-order valence-electron chi connectivity index (χ4n) is 1.80. The van der Waals surface area contributed by atoms with Gasteiger partial charge in [-0.15, -0.1) is 0 Å². The van der Waals surface area contributed by atoms with Crippen molar-refractivity contribution in [3.05, 3.63) is 28.0 Å². The van der Waals surface area contributed by atoms with E-state index in [2.05, 4.69) is 11.1 Å². The van der Waals surface area contributed by atoms with E-state index in [4.69, 9.17) is 17.3 Å². The number of hydrogen-bond donors (Lipinski definition) is 1. The van der Waals surface area contributed by atoms with Crippen LogP contribution in [0.1, 0.15) is 29.7 Å². The minimum Gasteiger partial charge on any atom is -0.326 e. The van der Waals surface area contributed by atoms with Gasteiger partial charge in [0.25, 0.3) is 0 Å². The summed E-state index contributed by atoms with van der Waals surface area (Å²) < 4.78 is 0. The number of nitrogens with two attached hydrogens (primary N) is 1. The van der Waals surface area contributed by atoms with E-state index in [1.165, 1.54) is 24.1 Å². The number of hydrogen-bond acceptors (Lipinski definition) is 2. The number of rotatable bonds is 1. The Balaban J connectivity index is 2.44. The second-order valence-corrected chi connectivity index (χ2v) is 3.81. The summed E-state index contributed by atoms with van der Waals surface area (Å²) in [5.74, 6) is 0. The largest absolute Gasteiger partial charge is 0.326 e. The molecule has 0 amide bonds. The molecular weight excluding hydrogens is 184 g/mol. The first kappa shape index (κ1) is 8.97. The van der Waals surface area contributed by atoms with Crippen LogP contribution in [-0.2, 0) is 19.4 Å². The minimum absolute atomic E-state index is 0.485. The summed E-state index contributed by atoms with van der Waals surface area (Å²) in [4.78, 5) is 4.37. The third-order valence-electron chi connectivity index (χ3n) is 2.55. The van der Waals surface area contributed by atoms with Gasteiger partial charge in [-0.2, -0.15) is 0 Å². The van der Waals surface area contributed by atoms with Crippen LogP contribution in [0.2, 0.25) is 5.15 Å². The van der Waals surface area contributed by atoms with Crippen LogP contribution in [-0.4, -0.2) is 4.98 Å². The van der Waals surface area contributed by atoms with Gasteiger partial charge in [0.1, 0.15) is 5.15 Å². The van der Waals surface area contributed by atoms with Crippen LogP contribution in [0, 0.1) is 0 Å². The van der Waals surface area contributed by atoms with Crippen LogP contribution in [0.15, 0.2) is 6.07 Å². The van der Waals surface area contributed by atoms with E-state index in [0.717, 1.165) is 18.4 Å². The Kier molecular flexibility index (Phi) is 2.51. The molecular formula is C10H13ClN2. The quantitative estimate of drug-likeness (QED) is 0.699. The Morgan fingerprint density at radius 3 is 2.92 bits per heavy atom. The smallest absolute Gasteiger partial charge is 0.133 e. The molecule has 1 aromatic heterocycles. The molecule has 0 fully saturated rings. The molecule has 70 valence electrons. The average molecular weight is 197 g/mol. The topological polar surface area (TPSA) is 38.9 Å². The number of halogens is 1. The van der Waals surface area contributed by atoms with Crippen molar-refractivity contribution in [1.29, 1.82) is 0 Å². The van der Waals surface area contributed by atoms with Gasteiger partial charge < -0.3 is 5.73 Å². The van der Waals surface area contributed by atoms with E-state index < -0.39 is 0 Å². The summed E-state index contributed by atoms with van der Waals surface area (Å²) in [6.45, 7) is 0.485. The van der Waals surface area contributed by atoms with Crippen LogP contribution >= 0.6 is 11.6 Å². The van der Waals surface area contributed by atoms with E-state index in [0.29, 0.717) is 11.7 Å². The van der Waals surface area contributed by atoms with Crippen LogP contribution in [0.5, 0.6) is 0 Å².